The molecule has 1 saturated heterocycles. The molecule has 0 aliphatic carbocycles. The van der Waals surface area contributed by atoms with Gasteiger partial charge in [-0.1, -0.05) is 6.07 Å². The summed E-state index contributed by atoms with van der Waals surface area (Å²) in [6, 6.07) is 3.22. The standard InChI is InChI=1S/C14H19F3N2O2.ClH/c1-21-10-2-3-11(12(8-10)14(15,16)17)13(9-20)19-6-4-18-5-7-19;/h2-3,8,13,18,20H,4-7,9H2,1H3;1H/t13-;/m0./s1. The van der Waals surface area contributed by atoms with Gasteiger partial charge in [-0.25, -0.2) is 0 Å². The van der Waals surface area contributed by atoms with Crippen molar-refractivity contribution in [2.24, 2.45) is 0 Å². The molecule has 0 aromatic heterocycles. The molecule has 0 saturated carbocycles. The van der Waals surface area contributed by atoms with Gasteiger partial charge in [0, 0.05) is 26.2 Å². The SMILES string of the molecule is COc1ccc([C@H](CO)N2CCNCC2)c(C(F)(F)F)c1.Cl. The minimum atomic E-state index is -4.48. The maximum Gasteiger partial charge on any atom is 0.416 e. The van der Waals surface area contributed by atoms with Crippen molar-refractivity contribution in [2.75, 3.05) is 39.9 Å². The van der Waals surface area contributed by atoms with Crippen molar-refractivity contribution in [2.45, 2.75) is 12.2 Å². The van der Waals surface area contributed by atoms with Crippen molar-refractivity contribution < 1.29 is 23.0 Å². The summed E-state index contributed by atoms with van der Waals surface area (Å²) in [5, 5.41) is 12.7. The summed E-state index contributed by atoms with van der Waals surface area (Å²) in [5.74, 6) is 0.156. The Balaban J connectivity index is 0.00000242. The number of aliphatic hydroxyl groups excluding tert-OH is 1. The van der Waals surface area contributed by atoms with E-state index in [-0.39, 0.29) is 30.3 Å². The molecular formula is C14H20ClF3N2O2. The molecule has 0 amide bonds. The summed E-state index contributed by atoms with van der Waals surface area (Å²) in [5.41, 5.74) is -0.660. The second-order valence-electron chi connectivity index (χ2n) is 4.94. The van der Waals surface area contributed by atoms with Gasteiger partial charge in [0.15, 0.2) is 0 Å². The van der Waals surface area contributed by atoms with Crippen molar-refractivity contribution in [3.63, 3.8) is 0 Å². The first-order valence-corrected chi connectivity index (χ1v) is 6.78. The number of nitrogens with one attached hydrogen (secondary N) is 1. The molecule has 8 heteroatoms. The van der Waals surface area contributed by atoms with E-state index in [9.17, 15) is 18.3 Å². The van der Waals surface area contributed by atoms with Crippen LogP contribution >= 0.6 is 12.4 Å². The molecule has 1 aromatic carbocycles. The highest BCUT2D eigenvalue weighted by Crippen LogP contribution is 2.38. The number of nitrogens with zero attached hydrogens (tertiary/aromatic N) is 1. The molecule has 1 atom stereocenters. The van der Waals surface area contributed by atoms with Crippen LogP contribution < -0.4 is 10.1 Å². The molecule has 0 bridgehead atoms. The quantitative estimate of drug-likeness (QED) is 0.881. The Morgan fingerprint density at radius 1 is 1.32 bits per heavy atom. The number of rotatable bonds is 4. The van der Waals surface area contributed by atoms with Crippen molar-refractivity contribution in [1.82, 2.24) is 10.2 Å². The third-order valence-electron chi connectivity index (χ3n) is 3.69. The van der Waals surface area contributed by atoms with Crippen LogP contribution in [0.3, 0.4) is 0 Å². The van der Waals surface area contributed by atoms with E-state index in [2.05, 4.69) is 5.32 Å². The molecule has 1 aromatic rings. The summed E-state index contributed by atoms with van der Waals surface area (Å²) in [7, 11) is 1.33. The van der Waals surface area contributed by atoms with Crippen LogP contribution in [0.25, 0.3) is 0 Å². The van der Waals surface area contributed by atoms with Gasteiger partial charge in [0.1, 0.15) is 5.75 Å². The van der Waals surface area contributed by atoms with Crippen LogP contribution in [0, 0.1) is 0 Å². The highest BCUT2D eigenvalue weighted by Gasteiger charge is 2.37. The molecule has 1 aliphatic rings. The number of methoxy groups -OCH3 is 1. The Labute approximate surface area is 133 Å². The Morgan fingerprint density at radius 2 is 1.95 bits per heavy atom. The second-order valence-corrected chi connectivity index (χ2v) is 4.94. The van der Waals surface area contributed by atoms with Crippen LogP contribution in [0.4, 0.5) is 13.2 Å². The average molecular weight is 341 g/mol. The number of ether oxygens (including phenoxy) is 1. The van der Waals surface area contributed by atoms with E-state index < -0.39 is 17.8 Å². The van der Waals surface area contributed by atoms with Crippen LogP contribution in [0.1, 0.15) is 17.2 Å². The van der Waals surface area contributed by atoms with Crippen molar-refractivity contribution in [3.05, 3.63) is 29.3 Å². The summed E-state index contributed by atoms with van der Waals surface area (Å²) in [6.45, 7) is 2.26. The van der Waals surface area contributed by atoms with Gasteiger partial charge in [-0.05, 0) is 17.7 Å². The first-order chi connectivity index (χ1) is 9.97. The zero-order valence-electron chi connectivity index (χ0n) is 12.2. The van der Waals surface area contributed by atoms with Crippen LogP contribution in [0.2, 0.25) is 0 Å². The highest BCUT2D eigenvalue weighted by molar-refractivity contribution is 5.85. The normalized spacial score (nSPS) is 17.7. The number of halogens is 4. The monoisotopic (exact) mass is 340 g/mol. The minimum absolute atomic E-state index is 0. The predicted molar refractivity (Wildman–Crippen MR) is 79.5 cm³/mol. The van der Waals surface area contributed by atoms with E-state index in [0.29, 0.717) is 26.2 Å². The molecule has 4 nitrogen and oxygen atoms in total. The molecule has 0 radical (unpaired) electrons. The zero-order valence-corrected chi connectivity index (χ0v) is 13.0. The van der Waals surface area contributed by atoms with E-state index >= 15 is 0 Å². The average Bonchev–Trinajstić information content (AvgIpc) is 2.48. The van der Waals surface area contributed by atoms with Crippen molar-refractivity contribution in [1.29, 1.82) is 0 Å². The van der Waals surface area contributed by atoms with Gasteiger partial charge in [0.25, 0.3) is 0 Å². The highest BCUT2D eigenvalue weighted by atomic mass is 35.5. The largest absolute Gasteiger partial charge is 0.497 e. The van der Waals surface area contributed by atoms with Gasteiger partial charge in [0.2, 0.25) is 0 Å². The molecule has 1 fully saturated rings. The maximum absolute atomic E-state index is 13.3. The summed E-state index contributed by atoms with van der Waals surface area (Å²) in [6.07, 6.45) is -4.48. The molecular weight excluding hydrogens is 321 g/mol. The van der Waals surface area contributed by atoms with Crippen LogP contribution in [-0.4, -0.2) is 49.9 Å². The fraction of sp³-hybridized carbons (Fsp3) is 0.571. The Hall–Kier alpha value is -1.02. The smallest absolute Gasteiger partial charge is 0.416 e. The van der Waals surface area contributed by atoms with Crippen LogP contribution in [-0.2, 0) is 6.18 Å². The molecule has 2 rings (SSSR count). The van der Waals surface area contributed by atoms with Crippen LogP contribution in [0.5, 0.6) is 5.75 Å². The fourth-order valence-electron chi connectivity index (χ4n) is 2.60. The van der Waals surface area contributed by atoms with Gasteiger partial charge >= 0.3 is 6.18 Å². The van der Waals surface area contributed by atoms with Gasteiger partial charge < -0.3 is 15.2 Å². The van der Waals surface area contributed by atoms with Gasteiger partial charge in [-0.15, -0.1) is 12.4 Å². The molecule has 126 valence electrons. The van der Waals surface area contributed by atoms with Crippen molar-refractivity contribution in [3.8, 4) is 5.75 Å². The number of hydrogen-bond acceptors (Lipinski definition) is 4. The molecule has 2 N–H and O–H groups in total. The summed E-state index contributed by atoms with van der Waals surface area (Å²) < 4.78 is 44.7. The van der Waals surface area contributed by atoms with E-state index in [1.54, 1.807) is 0 Å². The molecule has 0 unspecified atom stereocenters. The van der Waals surface area contributed by atoms with E-state index in [1.807, 2.05) is 4.90 Å². The lowest BCUT2D eigenvalue weighted by atomic mass is 9.98. The molecule has 1 aliphatic heterocycles. The van der Waals surface area contributed by atoms with Gasteiger partial charge in [-0.3, -0.25) is 4.90 Å². The Bertz CT molecular complexity index is 480. The van der Waals surface area contributed by atoms with Gasteiger partial charge in [0.05, 0.1) is 25.3 Å². The summed E-state index contributed by atoms with van der Waals surface area (Å²) >= 11 is 0. The number of hydrogen-bond donors (Lipinski definition) is 2. The minimum Gasteiger partial charge on any atom is -0.497 e. The number of alkyl halides is 3. The molecule has 1 heterocycles. The predicted octanol–water partition coefficient (Wildman–Crippen LogP) is 2.07. The van der Waals surface area contributed by atoms with Gasteiger partial charge in [-0.2, -0.15) is 13.2 Å². The molecule has 0 spiro atoms. The number of piperazine rings is 1. The first-order valence-electron chi connectivity index (χ1n) is 6.78. The third kappa shape index (κ3) is 4.25. The topological polar surface area (TPSA) is 44.7 Å². The van der Waals surface area contributed by atoms with Crippen LogP contribution in [0.15, 0.2) is 18.2 Å². The lowest BCUT2D eigenvalue weighted by Gasteiger charge is -2.35. The number of aliphatic hydroxyl groups is 1. The summed E-state index contributed by atoms with van der Waals surface area (Å²) in [4.78, 5) is 1.87. The maximum atomic E-state index is 13.3. The molecule has 22 heavy (non-hydrogen) atoms. The lowest BCUT2D eigenvalue weighted by Crippen LogP contribution is -2.46. The lowest BCUT2D eigenvalue weighted by molar-refractivity contribution is -0.139. The first kappa shape index (κ1) is 19.0. The Kier molecular flexibility index (Phi) is 6.93. The third-order valence-corrected chi connectivity index (χ3v) is 3.69. The van der Waals surface area contributed by atoms with E-state index in [0.717, 1.165) is 6.07 Å². The Morgan fingerprint density at radius 3 is 2.45 bits per heavy atom. The van der Waals surface area contributed by atoms with E-state index in [1.165, 1.54) is 19.2 Å². The zero-order chi connectivity index (χ0) is 15.5. The fourth-order valence-corrected chi connectivity index (χ4v) is 2.60. The van der Waals surface area contributed by atoms with Crippen molar-refractivity contribution >= 4 is 12.4 Å². The second kappa shape index (κ2) is 8.01. The van der Waals surface area contributed by atoms with E-state index in [4.69, 9.17) is 4.74 Å². The number of benzene rings is 1.